The summed E-state index contributed by atoms with van der Waals surface area (Å²) in [4.78, 5) is 41.1. The van der Waals surface area contributed by atoms with E-state index in [2.05, 4.69) is 10.3 Å². The van der Waals surface area contributed by atoms with Gasteiger partial charge in [-0.3, -0.25) is 9.59 Å². The van der Waals surface area contributed by atoms with E-state index in [4.69, 9.17) is 4.74 Å². The number of carbonyl (C=O) groups is 2. The molecule has 2 aliphatic rings. The number of hydrogen-bond acceptors (Lipinski definition) is 4. The van der Waals surface area contributed by atoms with Crippen molar-refractivity contribution in [1.29, 1.82) is 0 Å². The van der Waals surface area contributed by atoms with E-state index in [1.165, 1.54) is 6.07 Å². The molecule has 0 aliphatic carbocycles. The molecule has 2 N–H and O–H groups in total. The summed E-state index contributed by atoms with van der Waals surface area (Å²) in [5.41, 5.74) is 0.0535. The van der Waals surface area contributed by atoms with Crippen LogP contribution in [-0.4, -0.2) is 47.1 Å². The number of hydrogen-bond donors (Lipinski definition) is 2. The number of nitrogens with one attached hydrogen (secondary N) is 2. The normalized spacial score (nSPS) is 23.3. The van der Waals surface area contributed by atoms with Crippen LogP contribution < -0.4 is 10.7 Å². The highest BCUT2D eigenvalue weighted by Crippen LogP contribution is 2.28. The van der Waals surface area contributed by atoms with Crippen LogP contribution in [0.1, 0.15) is 23.3 Å². The van der Waals surface area contributed by atoms with Crippen LogP contribution in [0.15, 0.2) is 35.1 Å². The van der Waals surface area contributed by atoms with Gasteiger partial charge in [-0.1, -0.05) is 12.1 Å². The van der Waals surface area contributed by atoms with Crippen molar-refractivity contribution in [2.24, 2.45) is 0 Å². The van der Waals surface area contributed by atoms with Crippen molar-refractivity contribution in [2.45, 2.75) is 18.4 Å². The Hall–Kier alpha value is -2.83. The number of nitrogens with zero attached hydrogens (tertiary/aromatic N) is 1. The maximum absolute atomic E-state index is 12.8. The number of ether oxygens (including phenoxy) is 1. The molecular weight excluding hydrogens is 310 g/mol. The summed E-state index contributed by atoms with van der Waals surface area (Å²) in [6, 6.07) is 8.43. The molecule has 124 valence electrons. The molecule has 2 aliphatic heterocycles. The first-order valence-electron chi connectivity index (χ1n) is 7.95. The highest BCUT2D eigenvalue weighted by Gasteiger charge is 2.45. The average Bonchev–Trinajstić information content (AvgIpc) is 2.94. The molecule has 7 heteroatoms. The SMILES string of the molecule is O=C1NC[C@@]2(CCCN(C(=O)c3cc(=O)c4ccccc4[nH]3)C2)O1. The van der Waals surface area contributed by atoms with Crippen LogP contribution in [0.5, 0.6) is 0 Å². The van der Waals surface area contributed by atoms with Crippen LogP contribution >= 0.6 is 0 Å². The van der Waals surface area contributed by atoms with E-state index in [1.54, 1.807) is 23.1 Å². The number of aromatic nitrogens is 1. The van der Waals surface area contributed by atoms with Crippen LogP contribution in [0.3, 0.4) is 0 Å². The number of aromatic amines is 1. The van der Waals surface area contributed by atoms with E-state index in [-0.39, 0.29) is 17.0 Å². The van der Waals surface area contributed by atoms with Gasteiger partial charge in [0.1, 0.15) is 11.3 Å². The first-order valence-corrected chi connectivity index (χ1v) is 7.95. The van der Waals surface area contributed by atoms with Crippen molar-refractivity contribution in [1.82, 2.24) is 15.2 Å². The monoisotopic (exact) mass is 327 g/mol. The molecule has 0 saturated carbocycles. The fourth-order valence-corrected chi connectivity index (χ4v) is 3.48. The quantitative estimate of drug-likeness (QED) is 0.824. The molecule has 3 heterocycles. The number of amides is 2. The molecule has 1 aromatic heterocycles. The number of para-hydroxylation sites is 1. The summed E-state index contributed by atoms with van der Waals surface area (Å²) in [5.74, 6) is -0.250. The van der Waals surface area contributed by atoms with Crippen molar-refractivity contribution in [2.75, 3.05) is 19.6 Å². The number of fused-ring (bicyclic) bond motifs is 1. The Balaban J connectivity index is 1.64. The first-order chi connectivity index (χ1) is 11.6. The summed E-state index contributed by atoms with van der Waals surface area (Å²) < 4.78 is 5.38. The third-order valence-electron chi connectivity index (χ3n) is 4.66. The van der Waals surface area contributed by atoms with Crippen molar-refractivity contribution in [3.63, 3.8) is 0 Å². The number of alkyl carbamates (subject to hydrolysis) is 1. The number of H-pyrrole nitrogens is 1. The predicted molar refractivity (Wildman–Crippen MR) is 86.9 cm³/mol. The third-order valence-corrected chi connectivity index (χ3v) is 4.66. The van der Waals surface area contributed by atoms with E-state index in [1.807, 2.05) is 6.07 Å². The van der Waals surface area contributed by atoms with Crippen LogP contribution in [0, 0.1) is 0 Å². The van der Waals surface area contributed by atoms with Gasteiger partial charge in [0.2, 0.25) is 0 Å². The Kier molecular flexibility index (Phi) is 3.30. The maximum atomic E-state index is 12.8. The maximum Gasteiger partial charge on any atom is 0.407 e. The predicted octanol–water partition coefficient (Wildman–Crippen LogP) is 1.24. The van der Waals surface area contributed by atoms with E-state index in [0.29, 0.717) is 30.5 Å². The summed E-state index contributed by atoms with van der Waals surface area (Å²) in [7, 11) is 0. The molecule has 2 aromatic rings. The molecule has 2 fully saturated rings. The average molecular weight is 327 g/mol. The minimum absolute atomic E-state index is 0.187. The number of benzene rings is 1. The Morgan fingerprint density at radius 1 is 1.25 bits per heavy atom. The zero-order valence-corrected chi connectivity index (χ0v) is 13.0. The van der Waals surface area contributed by atoms with Gasteiger partial charge in [0, 0.05) is 23.5 Å². The van der Waals surface area contributed by atoms with Crippen molar-refractivity contribution in [3.8, 4) is 0 Å². The first kappa shape index (κ1) is 14.7. The van der Waals surface area contributed by atoms with Gasteiger partial charge in [0.25, 0.3) is 5.91 Å². The zero-order chi connectivity index (χ0) is 16.7. The van der Waals surface area contributed by atoms with Crippen molar-refractivity contribution >= 4 is 22.9 Å². The summed E-state index contributed by atoms with van der Waals surface area (Å²) in [6.45, 7) is 1.32. The van der Waals surface area contributed by atoms with Crippen LogP contribution in [0.4, 0.5) is 4.79 Å². The molecule has 1 atom stereocenters. The molecule has 4 rings (SSSR count). The lowest BCUT2D eigenvalue weighted by Gasteiger charge is -2.38. The second kappa shape index (κ2) is 5.36. The van der Waals surface area contributed by atoms with Crippen molar-refractivity contribution in [3.05, 3.63) is 46.2 Å². The molecule has 1 aromatic carbocycles. The van der Waals surface area contributed by atoms with Gasteiger partial charge in [-0.25, -0.2) is 4.79 Å². The molecule has 2 saturated heterocycles. The summed E-state index contributed by atoms with van der Waals surface area (Å²) >= 11 is 0. The van der Waals surface area contributed by atoms with E-state index in [0.717, 1.165) is 12.8 Å². The smallest absolute Gasteiger partial charge is 0.407 e. The molecule has 1 spiro atoms. The number of carbonyl (C=O) groups excluding carboxylic acids is 2. The Bertz CT molecular complexity index is 891. The molecule has 24 heavy (non-hydrogen) atoms. The molecule has 2 amide bonds. The second-order valence-corrected chi connectivity index (χ2v) is 6.35. The molecular formula is C17H17N3O4. The summed E-state index contributed by atoms with van der Waals surface area (Å²) in [5, 5.41) is 3.21. The van der Waals surface area contributed by atoms with Crippen LogP contribution in [0.25, 0.3) is 10.9 Å². The second-order valence-electron chi connectivity index (χ2n) is 6.35. The zero-order valence-electron chi connectivity index (χ0n) is 13.0. The Morgan fingerprint density at radius 2 is 2.08 bits per heavy atom. The van der Waals surface area contributed by atoms with Gasteiger partial charge in [-0.2, -0.15) is 0 Å². The standard InChI is InChI=1S/C17H17N3O4/c21-14-8-13(19-12-5-2-1-4-11(12)14)15(22)20-7-3-6-17(10-20)9-18-16(23)24-17/h1-2,4-5,8H,3,6-7,9-10H2,(H,18,23)(H,19,21)/t17-/m1/s1. The Labute approximate surface area is 137 Å². The lowest BCUT2D eigenvalue weighted by Crippen LogP contribution is -2.52. The number of pyridine rings is 1. The van der Waals surface area contributed by atoms with E-state index >= 15 is 0 Å². The van der Waals surface area contributed by atoms with Crippen LogP contribution in [-0.2, 0) is 4.74 Å². The minimum atomic E-state index is -0.651. The molecule has 0 radical (unpaired) electrons. The van der Waals surface area contributed by atoms with Gasteiger partial charge in [0.15, 0.2) is 5.43 Å². The Morgan fingerprint density at radius 3 is 2.88 bits per heavy atom. The van der Waals surface area contributed by atoms with Crippen molar-refractivity contribution < 1.29 is 14.3 Å². The molecule has 0 bridgehead atoms. The fourth-order valence-electron chi connectivity index (χ4n) is 3.48. The van der Waals surface area contributed by atoms with Gasteiger partial charge >= 0.3 is 6.09 Å². The van der Waals surface area contributed by atoms with Gasteiger partial charge in [0.05, 0.1) is 13.1 Å². The topological polar surface area (TPSA) is 91.5 Å². The van der Waals surface area contributed by atoms with E-state index < -0.39 is 11.7 Å². The third kappa shape index (κ3) is 2.42. The largest absolute Gasteiger partial charge is 0.439 e. The highest BCUT2D eigenvalue weighted by molar-refractivity contribution is 5.95. The van der Waals surface area contributed by atoms with E-state index in [9.17, 15) is 14.4 Å². The lowest BCUT2D eigenvalue weighted by atomic mass is 9.93. The fraction of sp³-hybridized carbons (Fsp3) is 0.353. The number of likely N-dealkylation sites (tertiary alicyclic amines) is 1. The lowest BCUT2D eigenvalue weighted by molar-refractivity contribution is -0.00522. The van der Waals surface area contributed by atoms with Gasteiger partial charge in [-0.15, -0.1) is 0 Å². The molecule has 7 nitrogen and oxygen atoms in total. The summed E-state index contributed by atoms with van der Waals surface area (Å²) in [6.07, 6.45) is 1.03. The number of piperidine rings is 1. The number of rotatable bonds is 1. The molecule has 0 unspecified atom stereocenters. The van der Waals surface area contributed by atoms with Gasteiger partial charge < -0.3 is 19.9 Å². The van der Waals surface area contributed by atoms with Gasteiger partial charge in [-0.05, 0) is 25.0 Å². The minimum Gasteiger partial charge on any atom is -0.439 e. The van der Waals surface area contributed by atoms with Crippen LogP contribution in [0.2, 0.25) is 0 Å². The highest BCUT2D eigenvalue weighted by atomic mass is 16.6.